The van der Waals surface area contributed by atoms with Gasteiger partial charge in [-0.15, -0.1) is 0 Å². The van der Waals surface area contributed by atoms with Crippen molar-refractivity contribution in [2.75, 3.05) is 23.8 Å². The van der Waals surface area contributed by atoms with E-state index >= 15 is 8.78 Å². The van der Waals surface area contributed by atoms with E-state index in [2.05, 4.69) is 17.6 Å². The molecule has 0 aromatic heterocycles. The summed E-state index contributed by atoms with van der Waals surface area (Å²) in [5.74, 6) is -7.04. The maximum Gasteiger partial charge on any atom is 0.200 e. The van der Waals surface area contributed by atoms with Crippen molar-refractivity contribution in [3.05, 3.63) is 70.3 Å². The molecule has 0 amide bonds. The van der Waals surface area contributed by atoms with Gasteiger partial charge in [0.25, 0.3) is 0 Å². The van der Waals surface area contributed by atoms with Crippen molar-refractivity contribution in [2.45, 2.75) is 115 Å². The summed E-state index contributed by atoms with van der Waals surface area (Å²) in [4.78, 5) is 27.7. The van der Waals surface area contributed by atoms with Crippen LogP contribution in [-0.2, 0) is 0 Å². The van der Waals surface area contributed by atoms with Crippen molar-refractivity contribution in [2.24, 2.45) is 0 Å². The number of phenols is 2. The molecule has 0 saturated carbocycles. The molecule has 1 aliphatic rings. The predicted molar refractivity (Wildman–Crippen MR) is 189 cm³/mol. The molecule has 0 spiro atoms. The number of rotatable bonds is 22. The minimum atomic E-state index is -1.67. The molecule has 0 fully saturated rings. The molecule has 1 aliphatic carbocycles. The average Bonchev–Trinajstić information content (AvgIpc) is 3.10. The molecule has 4 atom stereocenters. The second kappa shape index (κ2) is 20.1. The highest BCUT2D eigenvalue weighted by Crippen LogP contribution is 2.45. The molecule has 3 rings (SSSR count). The fraction of sp³-hybridized carbons (Fsp3) is 0.526. The van der Waals surface area contributed by atoms with Gasteiger partial charge in [-0.05, 0) is 31.9 Å². The molecule has 4 unspecified atom stereocenters. The number of hydrogen-bond donors (Lipinski definition) is 8. The SMILES string of the molecule is C/C=C/C(O)C(CO)Nc1c(F)c(F)c(NC(CO)C(O)/C=C/CCCCCCCCCCCCC)c2c1C(=O)c1c(O)ccc(O)c1C2=O. The molecule has 10 nitrogen and oxygen atoms in total. The van der Waals surface area contributed by atoms with Crippen LogP contribution in [0.25, 0.3) is 0 Å². The molecule has 0 bridgehead atoms. The smallest absolute Gasteiger partial charge is 0.200 e. The maximum absolute atomic E-state index is 16.0. The molecule has 50 heavy (non-hydrogen) atoms. The third-order valence-corrected chi connectivity index (χ3v) is 9.03. The Morgan fingerprint density at radius 3 is 1.46 bits per heavy atom. The van der Waals surface area contributed by atoms with Crippen molar-refractivity contribution >= 4 is 22.9 Å². The van der Waals surface area contributed by atoms with Crippen molar-refractivity contribution in [3.8, 4) is 11.5 Å². The Balaban J connectivity index is 1.84. The lowest BCUT2D eigenvalue weighted by molar-refractivity contribution is 0.0974. The number of ketones is 2. The number of benzene rings is 2. The largest absolute Gasteiger partial charge is 0.507 e. The molecule has 276 valence electrons. The summed E-state index contributed by atoms with van der Waals surface area (Å²) in [7, 11) is 0. The standard InChI is InChI=1S/C38H52F2N2O8/c1-3-5-6-7-8-9-10-11-12-13-14-15-16-18-26(46)24(22-44)42-36-32-31(37(49)29-27(47)19-20-28(48)30(29)38(32)50)35(33(39)34(36)40)41-23(21-43)25(45)17-4-2/h4,16-20,23-26,41-48H,3,5-15,21-22H2,1-2H3/b17-4+,18-16+. The first-order valence-electron chi connectivity index (χ1n) is 17.6. The lowest BCUT2D eigenvalue weighted by Gasteiger charge is -2.30. The van der Waals surface area contributed by atoms with Crippen LogP contribution in [0.2, 0.25) is 0 Å². The number of halogens is 2. The van der Waals surface area contributed by atoms with E-state index in [1.54, 1.807) is 13.0 Å². The quantitative estimate of drug-likeness (QED) is 0.0339. The minimum absolute atomic E-state index is 0.641. The molecule has 2 aromatic rings. The number of nitrogens with one attached hydrogen (secondary N) is 2. The van der Waals surface area contributed by atoms with E-state index in [1.165, 1.54) is 63.2 Å². The second-order valence-corrected chi connectivity index (χ2v) is 12.8. The first-order chi connectivity index (χ1) is 24.0. The minimum Gasteiger partial charge on any atom is -0.507 e. The lowest BCUT2D eigenvalue weighted by atomic mass is 9.80. The van der Waals surface area contributed by atoms with Gasteiger partial charge in [0.05, 0.1) is 71.1 Å². The van der Waals surface area contributed by atoms with Crippen LogP contribution in [0.4, 0.5) is 20.2 Å². The number of anilines is 2. The lowest BCUT2D eigenvalue weighted by Crippen LogP contribution is -2.39. The molecule has 0 saturated heterocycles. The van der Waals surface area contributed by atoms with Gasteiger partial charge in [-0.2, -0.15) is 0 Å². The average molecular weight is 703 g/mol. The number of allylic oxidation sites excluding steroid dienone is 2. The monoisotopic (exact) mass is 702 g/mol. The number of aliphatic hydroxyl groups excluding tert-OH is 4. The fourth-order valence-electron chi connectivity index (χ4n) is 6.18. The fourth-order valence-corrected chi connectivity index (χ4v) is 6.18. The molecule has 8 N–H and O–H groups in total. The number of carbonyl (C=O) groups is 2. The van der Waals surface area contributed by atoms with Crippen LogP contribution in [0.15, 0.2) is 36.4 Å². The summed E-state index contributed by atoms with van der Waals surface area (Å²) in [6.45, 7) is 2.20. The second-order valence-electron chi connectivity index (χ2n) is 12.8. The number of aromatic hydroxyl groups is 2. The third-order valence-electron chi connectivity index (χ3n) is 9.03. The Morgan fingerprint density at radius 2 is 1.06 bits per heavy atom. The summed E-state index contributed by atoms with van der Waals surface area (Å²) < 4.78 is 31.9. The Hall–Kier alpha value is -3.84. The number of hydrogen-bond acceptors (Lipinski definition) is 10. The molecule has 0 radical (unpaired) electrons. The topological polar surface area (TPSA) is 180 Å². The summed E-state index contributed by atoms with van der Waals surface area (Å²) in [5.41, 5.74) is -4.51. The van der Waals surface area contributed by atoms with Gasteiger partial charge < -0.3 is 41.3 Å². The van der Waals surface area contributed by atoms with Crippen LogP contribution < -0.4 is 10.6 Å². The van der Waals surface area contributed by atoms with Crippen molar-refractivity contribution < 1.29 is 49.0 Å². The van der Waals surface area contributed by atoms with Gasteiger partial charge in [-0.3, -0.25) is 9.59 Å². The Kier molecular flexibility index (Phi) is 16.3. The van der Waals surface area contributed by atoms with Gasteiger partial charge in [-0.1, -0.05) is 95.4 Å². The highest BCUT2D eigenvalue weighted by molar-refractivity contribution is 6.33. The molecule has 0 heterocycles. The number of unbranched alkanes of at least 4 members (excludes halogenated alkanes) is 11. The Bertz CT molecular complexity index is 1510. The van der Waals surface area contributed by atoms with Crippen LogP contribution in [0.3, 0.4) is 0 Å². The van der Waals surface area contributed by atoms with Gasteiger partial charge in [0.15, 0.2) is 11.6 Å². The van der Waals surface area contributed by atoms with E-state index in [4.69, 9.17) is 0 Å². The van der Waals surface area contributed by atoms with E-state index in [1.807, 2.05) is 0 Å². The van der Waals surface area contributed by atoms with Crippen molar-refractivity contribution in [1.29, 1.82) is 0 Å². The maximum atomic E-state index is 16.0. The van der Waals surface area contributed by atoms with E-state index < -0.39 is 106 Å². The first-order valence-corrected chi connectivity index (χ1v) is 17.6. The zero-order chi connectivity index (χ0) is 36.8. The van der Waals surface area contributed by atoms with Crippen LogP contribution in [-0.4, -0.2) is 79.7 Å². The predicted octanol–water partition coefficient (Wildman–Crippen LogP) is 6.25. The van der Waals surface area contributed by atoms with Gasteiger partial charge in [0.1, 0.15) is 11.5 Å². The summed E-state index contributed by atoms with van der Waals surface area (Å²) >= 11 is 0. The first kappa shape index (κ1) is 40.6. The van der Waals surface area contributed by atoms with E-state index in [9.17, 15) is 40.2 Å². The van der Waals surface area contributed by atoms with E-state index in [0.29, 0.717) is 6.42 Å². The number of phenolic OH excluding ortho intramolecular Hbond substituents is 2. The molecular formula is C38H52F2N2O8. The van der Waals surface area contributed by atoms with Crippen LogP contribution in [0.5, 0.6) is 11.5 Å². The van der Waals surface area contributed by atoms with Crippen molar-refractivity contribution in [1.82, 2.24) is 0 Å². The van der Waals surface area contributed by atoms with Gasteiger partial charge >= 0.3 is 0 Å². The van der Waals surface area contributed by atoms with E-state index in [-0.39, 0.29) is 0 Å². The number of aliphatic hydroxyl groups is 4. The Labute approximate surface area is 292 Å². The Morgan fingerprint density at radius 1 is 0.660 bits per heavy atom. The number of carbonyl (C=O) groups excluding carboxylic acids is 2. The molecule has 2 aromatic carbocycles. The summed E-state index contributed by atoms with van der Waals surface area (Å²) in [6, 6.07) is -0.789. The van der Waals surface area contributed by atoms with Crippen LogP contribution >= 0.6 is 0 Å². The third kappa shape index (κ3) is 9.90. The molecular weight excluding hydrogens is 650 g/mol. The van der Waals surface area contributed by atoms with Crippen LogP contribution in [0.1, 0.15) is 123 Å². The highest BCUT2D eigenvalue weighted by Gasteiger charge is 2.42. The zero-order valence-corrected chi connectivity index (χ0v) is 28.9. The van der Waals surface area contributed by atoms with Gasteiger partial charge in [-0.25, -0.2) is 8.78 Å². The molecule has 0 aliphatic heterocycles. The summed E-state index contributed by atoms with van der Waals surface area (Å²) in [5, 5.41) is 67.2. The van der Waals surface area contributed by atoms with Crippen molar-refractivity contribution in [3.63, 3.8) is 0 Å². The number of fused-ring (bicyclic) bond motifs is 2. The summed E-state index contributed by atoms with van der Waals surface area (Å²) in [6.07, 6.45) is 16.6. The molecule has 12 heteroatoms. The zero-order valence-electron chi connectivity index (χ0n) is 28.9. The van der Waals surface area contributed by atoms with Gasteiger partial charge in [0, 0.05) is 0 Å². The van der Waals surface area contributed by atoms with Crippen LogP contribution in [0, 0.1) is 11.6 Å². The van der Waals surface area contributed by atoms with E-state index in [0.717, 1.165) is 37.8 Å². The normalized spacial score (nSPS) is 15.3. The highest BCUT2D eigenvalue weighted by atomic mass is 19.2. The van der Waals surface area contributed by atoms with Gasteiger partial charge in [0.2, 0.25) is 11.6 Å².